The van der Waals surface area contributed by atoms with Crippen molar-refractivity contribution in [3.8, 4) is 0 Å². The van der Waals surface area contributed by atoms with E-state index in [-0.39, 0.29) is 18.1 Å². The van der Waals surface area contributed by atoms with Crippen molar-refractivity contribution in [2.75, 3.05) is 46.3 Å². The number of carbonyl (C=O) groups excluding carboxylic acids is 1. The second-order valence-electron chi connectivity index (χ2n) is 8.69. The van der Waals surface area contributed by atoms with E-state index in [9.17, 15) is 9.90 Å². The molecule has 4 rings (SSSR count). The third-order valence-electron chi connectivity index (χ3n) is 6.81. The van der Waals surface area contributed by atoms with Crippen LogP contribution in [0.4, 0.5) is 0 Å². The maximum Gasteiger partial charge on any atom is 0.227 e. The van der Waals surface area contributed by atoms with E-state index in [4.69, 9.17) is 23.2 Å². The molecule has 3 aliphatic rings. The van der Waals surface area contributed by atoms with Crippen LogP contribution in [-0.4, -0.2) is 84.2 Å². The number of piperazine rings is 1. The van der Waals surface area contributed by atoms with Crippen LogP contribution in [0.3, 0.4) is 0 Å². The Hall–Kier alpha value is -0.850. The topological polar surface area (TPSA) is 47.0 Å². The lowest BCUT2D eigenvalue weighted by Crippen LogP contribution is -2.55. The summed E-state index contributed by atoms with van der Waals surface area (Å²) in [6.45, 7) is 5.74. The van der Waals surface area contributed by atoms with Gasteiger partial charge in [0.15, 0.2) is 0 Å². The molecule has 0 spiro atoms. The molecule has 3 fully saturated rings. The Balaban J connectivity index is 1.36. The van der Waals surface area contributed by atoms with Gasteiger partial charge in [0.05, 0.1) is 22.6 Å². The molecule has 1 aromatic rings. The van der Waals surface area contributed by atoms with Crippen LogP contribution in [-0.2, 0) is 11.2 Å². The van der Waals surface area contributed by atoms with Crippen LogP contribution in [0.25, 0.3) is 0 Å². The van der Waals surface area contributed by atoms with Crippen molar-refractivity contribution < 1.29 is 9.90 Å². The Bertz CT molecular complexity index is 724. The van der Waals surface area contributed by atoms with Crippen molar-refractivity contribution in [2.24, 2.45) is 11.8 Å². The van der Waals surface area contributed by atoms with E-state index in [0.717, 1.165) is 57.7 Å². The summed E-state index contributed by atoms with van der Waals surface area (Å²) in [4.78, 5) is 19.6. The fourth-order valence-electron chi connectivity index (χ4n) is 5.09. The van der Waals surface area contributed by atoms with Crippen molar-refractivity contribution in [2.45, 2.75) is 31.4 Å². The molecule has 0 aromatic heterocycles. The molecule has 4 atom stereocenters. The molecule has 7 heteroatoms. The van der Waals surface area contributed by atoms with Crippen LogP contribution < -0.4 is 0 Å². The molecule has 0 radical (unpaired) electrons. The molecule has 1 aliphatic carbocycles. The molecule has 2 heterocycles. The van der Waals surface area contributed by atoms with Gasteiger partial charge in [0.1, 0.15) is 0 Å². The standard InChI is InChI=1S/C21H29Cl2N3O2/c1-24-4-6-25(7-5-24)19-10-15-12-26(13-16(15)11-20(19)27)21(28)9-14-2-3-17(22)18(23)8-14/h2-3,8,15-16,19-20,27H,4-7,9-13H2,1H3/t15-,16+,19-,20-/m1/s1. The number of rotatable bonds is 3. The molecule has 1 N–H and O–H groups in total. The summed E-state index contributed by atoms with van der Waals surface area (Å²) in [6.07, 6.45) is 1.86. The van der Waals surface area contributed by atoms with Crippen molar-refractivity contribution in [3.05, 3.63) is 33.8 Å². The van der Waals surface area contributed by atoms with Gasteiger partial charge in [-0.25, -0.2) is 0 Å². The summed E-state index contributed by atoms with van der Waals surface area (Å²) in [5.41, 5.74) is 0.893. The van der Waals surface area contributed by atoms with Gasteiger partial charge in [-0.3, -0.25) is 9.69 Å². The molecule has 1 amide bonds. The predicted octanol–water partition coefficient (Wildman–Crippen LogP) is 2.38. The highest BCUT2D eigenvalue weighted by molar-refractivity contribution is 6.42. The smallest absolute Gasteiger partial charge is 0.227 e. The maximum absolute atomic E-state index is 12.8. The molecule has 1 aromatic carbocycles. The van der Waals surface area contributed by atoms with Gasteiger partial charge in [-0.1, -0.05) is 29.3 Å². The van der Waals surface area contributed by atoms with Crippen LogP contribution in [0.1, 0.15) is 18.4 Å². The third kappa shape index (κ3) is 4.34. The van der Waals surface area contributed by atoms with Gasteiger partial charge in [0.2, 0.25) is 5.91 Å². The van der Waals surface area contributed by atoms with Crippen LogP contribution in [0.5, 0.6) is 0 Å². The average molecular weight is 426 g/mol. The molecule has 0 bridgehead atoms. The Morgan fingerprint density at radius 1 is 1.07 bits per heavy atom. The number of halogens is 2. The summed E-state index contributed by atoms with van der Waals surface area (Å²) in [7, 11) is 2.15. The second-order valence-corrected chi connectivity index (χ2v) is 9.50. The lowest BCUT2D eigenvalue weighted by molar-refractivity contribution is -0.129. The Morgan fingerprint density at radius 3 is 2.43 bits per heavy atom. The Labute approximate surface area is 177 Å². The number of carbonyl (C=O) groups is 1. The fourth-order valence-corrected chi connectivity index (χ4v) is 5.41. The van der Waals surface area contributed by atoms with Gasteiger partial charge in [-0.15, -0.1) is 0 Å². The zero-order valence-corrected chi connectivity index (χ0v) is 17.9. The van der Waals surface area contributed by atoms with E-state index in [0.29, 0.717) is 28.3 Å². The average Bonchev–Trinajstić information content (AvgIpc) is 3.08. The molecule has 28 heavy (non-hydrogen) atoms. The third-order valence-corrected chi connectivity index (χ3v) is 7.55. The summed E-state index contributed by atoms with van der Waals surface area (Å²) in [6, 6.07) is 5.62. The fraction of sp³-hybridized carbons (Fsp3) is 0.667. The minimum absolute atomic E-state index is 0.137. The lowest BCUT2D eigenvalue weighted by Gasteiger charge is -2.44. The predicted molar refractivity (Wildman–Crippen MR) is 112 cm³/mol. The van der Waals surface area contributed by atoms with Gasteiger partial charge >= 0.3 is 0 Å². The summed E-state index contributed by atoms with van der Waals surface area (Å²) in [5.74, 6) is 1.04. The van der Waals surface area contributed by atoms with Crippen molar-refractivity contribution in [3.63, 3.8) is 0 Å². The first-order valence-corrected chi connectivity index (χ1v) is 11.0. The van der Waals surface area contributed by atoms with E-state index in [2.05, 4.69) is 16.8 Å². The van der Waals surface area contributed by atoms with Crippen molar-refractivity contribution in [1.29, 1.82) is 0 Å². The van der Waals surface area contributed by atoms with E-state index in [1.165, 1.54) is 0 Å². The van der Waals surface area contributed by atoms with Gasteiger partial charge in [0, 0.05) is 45.3 Å². The molecule has 0 unspecified atom stereocenters. The van der Waals surface area contributed by atoms with Crippen LogP contribution in [0.15, 0.2) is 18.2 Å². The number of hydrogen-bond acceptors (Lipinski definition) is 4. The van der Waals surface area contributed by atoms with Gasteiger partial charge in [0.25, 0.3) is 0 Å². The van der Waals surface area contributed by atoms with Gasteiger partial charge in [-0.05, 0) is 49.4 Å². The number of benzene rings is 1. The molecule has 5 nitrogen and oxygen atoms in total. The van der Waals surface area contributed by atoms with Gasteiger partial charge in [-0.2, -0.15) is 0 Å². The van der Waals surface area contributed by atoms with Crippen LogP contribution in [0.2, 0.25) is 10.0 Å². The molecular formula is C21H29Cl2N3O2. The van der Waals surface area contributed by atoms with Gasteiger partial charge < -0.3 is 14.9 Å². The maximum atomic E-state index is 12.8. The Kier molecular flexibility index (Phi) is 6.19. The van der Waals surface area contributed by atoms with E-state index >= 15 is 0 Å². The molecule has 154 valence electrons. The highest BCUT2D eigenvalue weighted by Gasteiger charge is 2.44. The normalized spacial score (nSPS) is 31.8. The van der Waals surface area contributed by atoms with Crippen LogP contribution in [0, 0.1) is 11.8 Å². The quantitative estimate of drug-likeness (QED) is 0.807. The zero-order chi connectivity index (χ0) is 19.8. The first kappa shape index (κ1) is 20.4. The molecule has 2 aliphatic heterocycles. The minimum Gasteiger partial charge on any atom is -0.391 e. The van der Waals surface area contributed by atoms with Crippen molar-refractivity contribution in [1.82, 2.24) is 14.7 Å². The summed E-state index contributed by atoms with van der Waals surface area (Å²) < 4.78 is 0. The lowest BCUT2D eigenvalue weighted by atomic mass is 9.77. The largest absolute Gasteiger partial charge is 0.391 e. The molecule has 1 saturated carbocycles. The number of aliphatic hydroxyl groups is 1. The zero-order valence-electron chi connectivity index (χ0n) is 16.4. The number of likely N-dealkylation sites (tertiary alicyclic amines) is 1. The summed E-state index contributed by atoms with van der Waals surface area (Å²) in [5, 5.41) is 11.8. The first-order chi connectivity index (χ1) is 13.4. The van der Waals surface area contributed by atoms with Crippen LogP contribution >= 0.6 is 23.2 Å². The number of aliphatic hydroxyl groups excluding tert-OH is 1. The molecule has 2 saturated heterocycles. The Morgan fingerprint density at radius 2 is 1.75 bits per heavy atom. The first-order valence-electron chi connectivity index (χ1n) is 10.2. The van der Waals surface area contributed by atoms with E-state index in [1.54, 1.807) is 12.1 Å². The van der Waals surface area contributed by atoms with Crippen molar-refractivity contribution >= 4 is 29.1 Å². The highest BCUT2D eigenvalue weighted by atomic mass is 35.5. The van der Waals surface area contributed by atoms with E-state index in [1.807, 2.05) is 11.0 Å². The number of amides is 1. The number of fused-ring (bicyclic) bond motifs is 1. The minimum atomic E-state index is -0.283. The monoisotopic (exact) mass is 425 g/mol. The molecular weight excluding hydrogens is 397 g/mol. The van der Waals surface area contributed by atoms with E-state index < -0.39 is 0 Å². The number of likely N-dealkylation sites (N-methyl/N-ethyl adjacent to an activating group) is 1. The summed E-state index contributed by atoms with van der Waals surface area (Å²) >= 11 is 12.0. The number of nitrogens with zero attached hydrogens (tertiary/aromatic N) is 3. The number of hydrogen-bond donors (Lipinski definition) is 1. The second kappa shape index (κ2) is 8.49. The SMILES string of the molecule is CN1CCN([C@@H]2C[C@@H]3CN(C(=O)Cc4ccc(Cl)c(Cl)c4)C[C@@H]3C[C@H]2O)CC1. The highest BCUT2D eigenvalue weighted by Crippen LogP contribution is 2.38.